The maximum Gasteiger partial charge on any atom is 0.174 e. The highest BCUT2D eigenvalue weighted by atomic mass is 16.5. The lowest BCUT2D eigenvalue weighted by atomic mass is 9.49. The summed E-state index contributed by atoms with van der Waals surface area (Å²) in [4.78, 5) is 14.9. The van der Waals surface area contributed by atoms with Crippen LogP contribution >= 0.6 is 0 Å². The minimum Gasteiger partial charge on any atom is -0.504 e. The van der Waals surface area contributed by atoms with E-state index in [1.165, 1.54) is 0 Å². The van der Waals surface area contributed by atoms with Crippen molar-refractivity contribution in [2.24, 2.45) is 0 Å². The molecule has 1 aromatic carbocycles. The predicted octanol–water partition coefficient (Wildman–Crippen LogP) is 1.14. The Hall–Kier alpha value is -1.59. The topological polar surface area (TPSA) is 70.0 Å². The number of rotatable bonds is 1. The Bertz CT molecular complexity index is 732. The Kier molecular flexibility index (Phi) is 2.45. The van der Waals surface area contributed by atoms with Crippen molar-refractivity contribution in [2.45, 2.75) is 55.8 Å². The first-order chi connectivity index (χ1) is 11.0. The summed E-state index contributed by atoms with van der Waals surface area (Å²) in [5.74, 6) is 0.574. The molecule has 1 saturated heterocycles. The first kappa shape index (κ1) is 13.8. The minimum atomic E-state index is -0.953. The number of carbonyl (C=O) groups excluding carboxylic acids is 1. The molecule has 2 bridgehead atoms. The average Bonchev–Trinajstić information content (AvgIpc) is 2.89. The Morgan fingerprint density at radius 2 is 2.22 bits per heavy atom. The predicted molar refractivity (Wildman–Crippen MR) is 82.7 cm³/mol. The van der Waals surface area contributed by atoms with E-state index in [9.17, 15) is 15.0 Å². The third-order valence-corrected chi connectivity index (χ3v) is 6.77. The SMILES string of the molecule is CCN1CC[C@@]23c4c5ccc(O)c4O[C@@H]2C(=O)CC[C@]3(O)C1C5. The maximum absolute atomic E-state index is 12.6. The van der Waals surface area contributed by atoms with E-state index in [0.717, 1.165) is 30.6 Å². The second-order valence-corrected chi connectivity index (χ2v) is 7.41. The van der Waals surface area contributed by atoms with Crippen LogP contribution in [-0.2, 0) is 16.6 Å². The number of nitrogens with zero attached hydrogens (tertiary/aromatic N) is 1. The zero-order chi connectivity index (χ0) is 16.0. The van der Waals surface area contributed by atoms with Crippen molar-refractivity contribution in [3.05, 3.63) is 23.3 Å². The number of hydrogen-bond acceptors (Lipinski definition) is 5. The number of likely N-dealkylation sites (tertiary alicyclic amines) is 1. The Morgan fingerprint density at radius 3 is 3.00 bits per heavy atom. The minimum absolute atomic E-state index is 0.0171. The third-order valence-electron chi connectivity index (χ3n) is 6.77. The van der Waals surface area contributed by atoms with Crippen molar-refractivity contribution < 1.29 is 19.7 Å². The molecule has 5 nitrogen and oxygen atoms in total. The number of phenols is 1. The molecule has 0 radical (unpaired) electrons. The van der Waals surface area contributed by atoms with Gasteiger partial charge in [-0.15, -0.1) is 0 Å². The van der Waals surface area contributed by atoms with Crippen molar-refractivity contribution >= 4 is 5.78 Å². The van der Waals surface area contributed by atoms with Gasteiger partial charge in [0.2, 0.25) is 0 Å². The van der Waals surface area contributed by atoms with E-state index < -0.39 is 17.1 Å². The number of carbonyl (C=O) groups is 1. The van der Waals surface area contributed by atoms with Gasteiger partial charge in [-0.2, -0.15) is 0 Å². The number of benzene rings is 1. The quantitative estimate of drug-likeness (QED) is 0.813. The molecule has 0 aromatic heterocycles. The van der Waals surface area contributed by atoms with Crippen LogP contribution in [0.3, 0.4) is 0 Å². The van der Waals surface area contributed by atoms with Crippen LogP contribution in [0.2, 0.25) is 0 Å². The van der Waals surface area contributed by atoms with E-state index in [4.69, 9.17) is 4.74 Å². The monoisotopic (exact) mass is 315 g/mol. The Balaban J connectivity index is 1.84. The molecule has 2 fully saturated rings. The van der Waals surface area contributed by atoms with Crippen molar-refractivity contribution in [3.63, 3.8) is 0 Å². The highest BCUT2D eigenvalue weighted by Gasteiger charge is 2.72. The number of phenolic OH excluding ortho intramolecular Hbond substituents is 1. The number of hydrogen-bond donors (Lipinski definition) is 2. The van der Waals surface area contributed by atoms with Crippen LogP contribution in [-0.4, -0.2) is 51.7 Å². The molecule has 4 atom stereocenters. The largest absolute Gasteiger partial charge is 0.504 e. The molecule has 2 aliphatic heterocycles. The second-order valence-electron chi connectivity index (χ2n) is 7.41. The van der Waals surface area contributed by atoms with E-state index in [0.29, 0.717) is 25.0 Å². The van der Waals surface area contributed by atoms with E-state index in [2.05, 4.69) is 11.8 Å². The highest BCUT2D eigenvalue weighted by Crippen LogP contribution is 2.64. The number of piperidine rings is 1. The second kappa shape index (κ2) is 4.08. The van der Waals surface area contributed by atoms with Crippen LogP contribution < -0.4 is 4.74 Å². The summed E-state index contributed by atoms with van der Waals surface area (Å²) in [6.07, 6.45) is 1.64. The van der Waals surface area contributed by atoms with Crippen molar-refractivity contribution in [3.8, 4) is 11.5 Å². The lowest BCUT2D eigenvalue weighted by Gasteiger charge is -2.62. The molecule has 122 valence electrons. The Labute approximate surface area is 134 Å². The summed E-state index contributed by atoms with van der Waals surface area (Å²) in [7, 11) is 0. The smallest absolute Gasteiger partial charge is 0.174 e. The number of aromatic hydroxyl groups is 1. The molecule has 2 aliphatic carbocycles. The lowest BCUT2D eigenvalue weighted by Crippen LogP contribution is -2.76. The molecule has 1 unspecified atom stereocenters. The number of likely N-dealkylation sites (N-methyl/N-ethyl adjacent to an activating group) is 1. The van der Waals surface area contributed by atoms with E-state index in [1.807, 2.05) is 6.07 Å². The normalized spacial score (nSPS) is 40.7. The van der Waals surface area contributed by atoms with Crippen LogP contribution in [0.5, 0.6) is 11.5 Å². The van der Waals surface area contributed by atoms with Gasteiger partial charge in [0.1, 0.15) is 0 Å². The zero-order valence-electron chi connectivity index (χ0n) is 13.2. The summed E-state index contributed by atoms with van der Waals surface area (Å²) in [5.41, 5.74) is 0.388. The van der Waals surface area contributed by atoms with Crippen LogP contribution in [0, 0.1) is 0 Å². The molecule has 1 aromatic rings. The van der Waals surface area contributed by atoms with Gasteiger partial charge in [0.25, 0.3) is 0 Å². The van der Waals surface area contributed by atoms with Crippen molar-refractivity contribution in [2.75, 3.05) is 13.1 Å². The fraction of sp³-hybridized carbons (Fsp3) is 0.611. The van der Waals surface area contributed by atoms with Gasteiger partial charge in [0.15, 0.2) is 23.4 Å². The fourth-order valence-electron chi connectivity index (χ4n) is 5.79. The average molecular weight is 315 g/mol. The van der Waals surface area contributed by atoms with Gasteiger partial charge in [-0.25, -0.2) is 0 Å². The zero-order valence-corrected chi connectivity index (χ0v) is 13.2. The maximum atomic E-state index is 12.6. The van der Waals surface area contributed by atoms with E-state index >= 15 is 0 Å². The molecule has 4 aliphatic rings. The number of ether oxygens (including phenoxy) is 1. The summed E-state index contributed by atoms with van der Waals surface area (Å²) in [6, 6.07) is 3.61. The highest BCUT2D eigenvalue weighted by molar-refractivity contribution is 5.90. The molecule has 5 rings (SSSR count). The van der Waals surface area contributed by atoms with Crippen LogP contribution in [0.15, 0.2) is 12.1 Å². The summed E-state index contributed by atoms with van der Waals surface area (Å²) in [5, 5.41) is 22.0. The first-order valence-corrected chi connectivity index (χ1v) is 8.54. The van der Waals surface area contributed by atoms with Crippen LogP contribution in [0.25, 0.3) is 0 Å². The van der Waals surface area contributed by atoms with E-state index in [-0.39, 0.29) is 17.6 Å². The summed E-state index contributed by atoms with van der Waals surface area (Å²) < 4.78 is 5.98. The molecule has 23 heavy (non-hydrogen) atoms. The molecule has 1 saturated carbocycles. The van der Waals surface area contributed by atoms with Crippen molar-refractivity contribution in [1.29, 1.82) is 0 Å². The lowest BCUT2D eigenvalue weighted by molar-refractivity contribution is -0.187. The fourth-order valence-corrected chi connectivity index (χ4v) is 5.79. The number of aliphatic hydroxyl groups is 1. The molecule has 2 N–H and O–H groups in total. The molecular formula is C18H21NO4. The van der Waals surface area contributed by atoms with Gasteiger partial charge in [-0.05, 0) is 44.0 Å². The molecule has 2 heterocycles. The first-order valence-electron chi connectivity index (χ1n) is 8.54. The standard InChI is InChI=1S/C18H21NO4/c1-2-19-8-7-17-14-10-3-4-11(20)15(14)23-16(17)12(21)5-6-18(17,22)13(19)9-10/h3-4,13,16,20,22H,2,5-9H2,1H3/t13?,16-,17-,18+/m1/s1. The van der Waals surface area contributed by atoms with Crippen LogP contribution in [0.4, 0.5) is 0 Å². The Morgan fingerprint density at radius 1 is 1.39 bits per heavy atom. The van der Waals surface area contributed by atoms with Gasteiger partial charge in [-0.3, -0.25) is 9.69 Å². The molecule has 0 amide bonds. The molecule has 5 heteroatoms. The van der Waals surface area contributed by atoms with Gasteiger partial charge < -0.3 is 14.9 Å². The van der Waals surface area contributed by atoms with Gasteiger partial charge in [0.05, 0.1) is 11.0 Å². The van der Waals surface area contributed by atoms with E-state index in [1.54, 1.807) is 6.07 Å². The van der Waals surface area contributed by atoms with Crippen molar-refractivity contribution in [1.82, 2.24) is 4.90 Å². The number of Topliss-reactive ketones (excluding diaryl/α,β-unsaturated/α-hetero) is 1. The van der Waals surface area contributed by atoms with Gasteiger partial charge in [-0.1, -0.05) is 13.0 Å². The van der Waals surface area contributed by atoms with Gasteiger partial charge >= 0.3 is 0 Å². The number of ketones is 1. The van der Waals surface area contributed by atoms with Gasteiger partial charge in [0, 0.05) is 18.0 Å². The summed E-state index contributed by atoms with van der Waals surface area (Å²) in [6.45, 7) is 3.86. The summed E-state index contributed by atoms with van der Waals surface area (Å²) >= 11 is 0. The molecule has 1 spiro atoms. The van der Waals surface area contributed by atoms with Crippen LogP contribution in [0.1, 0.15) is 37.3 Å². The molecular weight excluding hydrogens is 294 g/mol. The third kappa shape index (κ3) is 1.32.